The highest BCUT2D eigenvalue weighted by Gasteiger charge is 2.49. The second-order valence-electron chi connectivity index (χ2n) is 5.41. The van der Waals surface area contributed by atoms with E-state index in [0.29, 0.717) is 17.2 Å². The maximum absolute atomic E-state index is 12.3. The van der Waals surface area contributed by atoms with E-state index in [4.69, 9.17) is 9.47 Å². The van der Waals surface area contributed by atoms with Crippen LogP contribution in [0.5, 0.6) is 11.5 Å². The summed E-state index contributed by atoms with van der Waals surface area (Å²) >= 11 is 0. The van der Waals surface area contributed by atoms with Gasteiger partial charge in [-0.15, -0.1) is 0 Å². The molecule has 0 bridgehead atoms. The van der Waals surface area contributed by atoms with Gasteiger partial charge in [0, 0.05) is 18.4 Å². The van der Waals surface area contributed by atoms with E-state index in [-0.39, 0.29) is 35.8 Å². The lowest BCUT2D eigenvalue weighted by Crippen LogP contribution is -2.36. The number of carbonyl (C=O) groups is 1. The molecule has 0 radical (unpaired) electrons. The Hall–Kier alpha value is -1.76. The van der Waals surface area contributed by atoms with Crippen LogP contribution in [0.25, 0.3) is 0 Å². The van der Waals surface area contributed by atoms with Gasteiger partial charge >= 0.3 is 0 Å². The number of fused-ring (bicyclic) bond motifs is 1. The number of nitrogens with zero attached hydrogens (tertiary/aromatic N) is 1. The summed E-state index contributed by atoms with van der Waals surface area (Å²) in [6.45, 7) is 0. The molecular weight excluding hydrogens is 294 g/mol. The second-order valence-corrected chi connectivity index (χ2v) is 7.56. The highest BCUT2D eigenvalue weighted by molar-refractivity contribution is 7.91. The highest BCUT2D eigenvalue weighted by atomic mass is 32.2. The average molecular weight is 311 g/mol. The molecule has 21 heavy (non-hydrogen) atoms. The molecule has 0 saturated carbocycles. The van der Waals surface area contributed by atoms with Crippen LogP contribution in [0.1, 0.15) is 6.42 Å². The first kappa shape index (κ1) is 14.2. The van der Waals surface area contributed by atoms with Gasteiger partial charge in [0.2, 0.25) is 5.91 Å². The maximum Gasteiger partial charge on any atom is 0.227 e. The van der Waals surface area contributed by atoms with Crippen molar-refractivity contribution in [2.45, 2.75) is 12.5 Å². The van der Waals surface area contributed by atoms with E-state index in [0.717, 1.165) is 0 Å². The average Bonchev–Trinajstić information content (AvgIpc) is 2.88. The lowest BCUT2D eigenvalue weighted by atomic mass is 10.0. The molecule has 1 aromatic rings. The monoisotopic (exact) mass is 311 g/mol. The molecular formula is C14H17NO5S. The molecule has 2 atom stereocenters. The van der Waals surface area contributed by atoms with Crippen molar-refractivity contribution in [3.8, 4) is 11.5 Å². The lowest BCUT2D eigenvalue weighted by Gasteiger charge is -2.25. The third-order valence-corrected chi connectivity index (χ3v) is 5.91. The first-order valence-electron chi connectivity index (χ1n) is 6.69. The molecule has 114 valence electrons. The van der Waals surface area contributed by atoms with Gasteiger partial charge in [-0.2, -0.15) is 0 Å². The molecule has 2 fully saturated rings. The summed E-state index contributed by atoms with van der Waals surface area (Å²) in [6.07, 6.45) is 0.277. The number of benzene rings is 1. The van der Waals surface area contributed by atoms with Crippen LogP contribution in [0.4, 0.5) is 5.69 Å². The zero-order valence-electron chi connectivity index (χ0n) is 11.9. The third-order valence-electron chi connectivity index (χ3n) is 4.12. The fourth-order valence-corrected chi connectivity index (χ4v) is 5.26. The molecule has 0 aromatic heterocycles. The summed E-state index contributed by atoms with van der Waals surface area (Å²) in [4.78, 5) is 13.8. The van der Waals surface area contributed by atoms with Gasteiger partial charge in [-0.05, 0) is 12.1 Å². The van der Waals surface area contributed by atoms with E-state index in [9.17, 15) is 13.2 Å². The van der Waals surface area contributed by atoms with Crippen molar-refractivity contribution in [2.24, 2.45) is 5.92 Å². The Balaban J connectivity index is 2.01. The Labute approximate surface area is 123 Å². The van der Waals surface area contributed by atoms with Gasteiger partial charge in [-0.1, -0.05) is 0 Å². The van der Waals surface area contributed by atoms with Crippen LogP contribution < -0.4 is 14.4 Å². The van der Waals surface area contributed by atoms with Gasteiger partial charge in [-0.3, -0.25) is 4.79 Å². The van der Waals surface area contributed by atoms with Crippen LogP contribution in [0.3, 0.4) is 0 Å². The Morgan fingerprint density at radius 2 is 1.95 bits per heavy atom. The van der Waals surface area contributed by atoms with Crippen LogP contribution in [-0.2, 0) is 14.6 Å². The second kappa shape index (κ2) is 4.91. The molecule has 2 aliphatic heterocycles. The summed E-state index contributed by atoms with van der Waals surface area (Å²) in [5, 5.41) is 0. The molecule has 3 rings (SSSR count). The van der Waals surface area contributed by atoms with E-state index in [2.05, 4.69) is 0 Å². The Morgan fingerprint density at radius 1 is 1.19 bits per heavy atom. The zero-order valence-corrected chi connectivity index (χ0v) is 12.7. The van der Waals surface area contributed by atoms with Crippen molar-refractivity contribution >= 4 is 21.4 Å². The summed E-state index contributed by atoms with van der Waals surface area (Å²) in [5.74, 6) is 1.08. The van der Waals surface area contributed by atoms with Crippen LogP contribution >= 0.6 is 0 Å². The van der Waals surface area contributed by atoms with Gasteiger partial charge in [0.25, 0.3) is 0 Å². The van der Waals surface area contributed by atoms with Crippen molar-refractivity contribution in [2.75, 3.05) is 30.6 Å². The molecule has 0 unspecified atom stereocenters. The Morgan fingerprint density at radius 3 is 2.62 bits per heavy atom. The number of carbonyl (C=O) groups excluding carboxylic acids is 1. The van der Waals surface area contributed by atoms with Gasteiger partial charge in [0.05, 0.1) is 37.5 Å². The fraction of sp³-hybridized carbons (Fsp3) is 0.500. The van der Waals surface area contributed by atoms with Crippen LogP contribution in [0, 0.1) is 5.92 Å². The Kier molecular flexibility index (Phi) is 3.32. The number of sulfone groups is 1. The van der Waals surface area contributed by atoms with Gasteiger partial charge in [0.15, 0.2) is 9.84 Å². The predicted octanol–water partition coefficient (Wildman–Crippen LogP) is 0.854. The molecule has 0 spiro atoms. The molecule has 2 heterocycles. The van der Waals surface area contributed by atoms with E-state index < -0.39 is 9.84 Å². The highest BCUT2D eigenvalue weighted by Crippen LogP contribution is 2.41. The predicted molar refractivity (Wildman–Crippen MR) is 77.6 cm³/mol. The molecule has 6 nitrogen and oxygen atoms in total. The molecule has 1 aromatic carbocycles. The Bertz CT molecular complexity index is 685. The maximum atomic E-state index is 12.3. The normalized spacial score (nSPS) is 26.8. The van der Waals surface area contributed by atoms with Gasteiger partial charge < -0.3 is 14.4 Å². The minimum Gasteiger partial charge on any atom is -0.497 e. The van der Waals surface area contributed by atoms with E-state index in [1.54, 1.807) is 30.2 Å². The molecule has 0 N–H and O–H groups in total. The number of ether oxygens (including phenoxy) is 2. The minimum absolute atomic E-state index is 0.0264. The van der Waals surface area contributed by atoms with Crippen molar-refractivity contribution < 1.29 is 22.7 Å². The minimum atomic E-state index is -3.06. The first-order valence-corrected chi connectivity index (χ1v) is 8.52. The molecule has 2 aliphatic rings. The van der Waals surface area contributed by atoms with Crippen molar-refractivity contribution in [3.63, 3.8) is 0 Å². The SMILES string of the molecule is COc1ccc(N2C(=O)C[C@@H]3CS(=O)(=O)C[C@H]32)c(OC)c1. The first-order chi connectivity index (χ1) is 9.95. The largest absolute Gasteiger partial charge is 0.497 e. The lowest BCUT2D eigenvalue weighted by molar-refractivity contribution is -0.117. The van der Waals surface area contributed by atoms with Crippen molar-refractivity contribution in [1.29, 1.82) is 0 Å². The van der Waals surface area contributed by atoms with Crippen LogP contribution in [0.15, 0.2) is 18.2 Å². The number of methoxy groups -OCH3 is 2. The smallest absolute Gasteiger partial charge is 0.227 e. The number of rotatable bonds is 3. The number of hydrogen-bond donors (Lipinski definition) is 0. The van der Waals surface area contributed by atoms with Crippen LogP contribution in [-0.4, -0.2) is 46.1 Å². The van der Waals surface area contributed by atoms with Gasteiger partial charge in [-0.25, -0.2) is 8.42 Å². The van der Waals surface area contributed by atoms with E-state index in [1.165, 1.54) is 7.11 Å². The quantitative estimate of drug-likeness (QED) is 0.827. The molecule has 7 heteroatoms. The zero-order chi connectivity index (χ0) is 15.2. The van der Waals surface area contributed by atoms with E-state index >= 15 is 0 Å². The molecule has 2 saturated heterocycles. The molecule has 0 aliphatic carbocycles. The van der Waals surface area contributed by atoms with E-state index in [1.807, 2.05) is 0 Å². The fourth-order valence-electron chi connectivity index (χ4n) is 3.19. The number of amides is 1. The summed E-state index contributed by atoms with van der Waals surface area (Å²) in [7, 11) is 0.00455. The van der Waals surface area contributed by atoms with Crippen molar-refractivity contribution in [3.05, 3.63) is 18.2 Å². The van der Waals surface area contributed by atoms with Crippen LogP contribution in [0.2, 0.25) is 0 Å². The van der Waals surface area contributed by atoms with Crippen molar-refractivity contribution in [1.82, 2.24) is 0 Å². The topological polar surface area (TPSA) is 72.9 Å². The summed E-state index contributed by atoms with van der Waals surface area (Å²) in [5.41, 5.74) is 0.605. The van der Waals surface area contributed by atoms with Gasteiger partial charge in [0.1, 0.15) is 11.5 Å². The summed E-state index contributed by atoms with van der Waals surface area (Å²) in [6, 6.07) is 4.88. The summed E-state index contributed by atoms with van der Waals surface area (Å²) < 4.78 is 34.1. The number of hydrogen-bond acceptors (Lipinski definition) is 5. The standard InChI is InChI=1S/C14H17NO5S/c1-19-10-3-4-11(13(6-10)20-2)15-12-8-21(17,18)7-9(12)5-14(15)16/h3-4,6,9,12H,5,7-8H2,1-2H3/t9-,12-/m1/s1. The third kappa shape index (κ3) is 2.35. The number of anilines is 1. The molecule has 1 amide bonds.